The maximum absolute atomic E-state index is 13.8. The van der Waals surface area contributed by atoms with Crippen LogP contribution in [-0.2, 0) is 19.5 Å². The van der Waals surface area contributed by atoms with Gasteiger partial charge in [-0.25, -0.2) is 14.2 Å². The minimum atomic E-state index is -0.292. The lowest BCUT2D eigenvalue weighted by atomic mass is 10.0. The smallest absolute Gasteiger partial charge is 0.326 e. The van der Waals surface area contributed by atoms with Crippen LogP contribution >= 0.6 is 27.5 Å². The van der Waals surface area contributed by atoms with Crippen LogP contribution in [0.1, 0.15) is 27.9 Å². The zero-order chi connectivity index (χ0) is 25.9. The standard InChI is InChI=1S/C28H22BrClFN5O/c29-23-6-4-18(12-24(23)31)2-1-10-35-11-8-25-22(17-35)21-5-3-19(15-32)13-26(21)36(25)28(37)34-16-20-7-9-33-27(30)14-20/h1-7,9,12-14H,8,10-11,16-17H2,(H,34,37). The predicted octanol–water partition coefficient (Wildman–Crippen LogP) is 6.29. The maximum atomic E-state index is 13.8. The summed E-state index contributed by atoms with van der Waals surface area (Å²) in [6, 6.07) is 16.0. The summed E-state index contributed by atoms with van der Waals surface area (Å²) in [4.78, 5) is 19.6. The Hall–Kier alpha value is -3.51. The number of nitriles is 1. The number of nitrogens with one attached hydrogen (secondary N) is 1. The summed E-state index contributed by atoms with van der Waals surface area (Å²) in [5.41, 5.74) is 4.89. The van der Waals surface area contributed by atoms with Crippen LogP contribution in [-0.4, -0.2) is 33.6 Å². The van der Waals surface area contributed by atoms with E-state index in [-0.39, 0.29) is 11.8 Å². The Balaban J connectivity index is 1.39. The van der Waals surface area contributed by atoms with E-state index in [9.17, 15) is 14.4 Å². The first-order valence-corrected chi connectivity index (χ1v) is 12.9. The number of fused-ring (bicyclic) bond motifs is 3. The van der Waals surface area contributed by atoms with Gasteiger partial charge in [0.1, 0.15) is 11.0 Å². The second kappa shape index (κ2) is 10.9. The first-order chi connectivity index (χ1) is 17.9. The molecule has 0 unspecified atom stereocenters. The van der Waals surface area contributed by atoms with Gasteiger partial charge < -0.3 is 5.32 Å². The summed E-state index contributed by atoms with van der Waals surface area (Å²) in [5.74, 6) is -0.292. The van der Waals surface area contributed by atoms with E-state index in [4.69, 9.17) is 11.6 Å². The number of carbonyl (C=O) groups is 1. The summed E-state index contributed by atoms with van der Waals surface area (Å²) >= 11 is 9.15. The summed E-state index contributed by atoms with van der Waals surface area (Å²) in [6.07, 6.45) is 6.22. The highest BCUT2D eigenvalue weighted by molar-refractivity contribution is 9.10. The number of aromatic nitrogens is 2. The molecule has 1 aliphatic heterocycles. The fourth-order valence-corrected chi connectivity index (χ4v) is 5.08. The van der Waals surface area contributed by atoms with Crippen molar-refractivity contribution < 1.29 is 9.18 Å². The summed E-state index contributed by atoms with van der Waals surface area (Å²) < 4.78 is 16.0. The quantitative estimate of drug-likeness (QED) is 0.282. The number of carbonyl (C=O) groups excluding carboxylic acids is 1. The van der Waals surface area contributed by atoms with Crippen LogP contribution in [0.5, 0.6) is 0 Å². The van der Waals surface area contributed by atoms with Crippen molar-refractivity contribution >= 4 is 50.5 Å². The fourth-order valence-electron chi connectivity index (χ4n) is 4.63. The van der Waals surface area contributed by atoms with Gasteiger partial charge in [0.25, 0.3) is 0 Å². The SMILES string of the molecule is N#Cc1ccc2c3c(n(C(=O)NCc4ccnc(Cl)c4)c2c1)CCN(CC=Cc1ccc(Br)c(F)c1)C3. The third-order valence-electron chi connectivity index (χ3n) is 6.41. The Morgan fingerprint density at radius 3 is 2.89 bits per heavy atom. The second-order valence-electron chi connectivity index (χ2n) is 8.81. The van der Waals surface area contributed by atoms with Gasteiger partial charge in [0.05, 0.1) is 21.6 Å². The molecule has 9 heteroatoms. The number of amides is 1. The molecule has 2 aromatic heterocycles. The largest absolute Gasteiger partial charge is 0.333 e. The number of halogens is 3. The van der Waals surface area contributed by atoms with Crippen molar-refractivity contribution in [3.8, 4) is 6.07 Å². The highest BCUT2D eigenvalue weighted by atomic mass is 79.9. The molecular weight excluding hydrogens is 557 g/mol. The first kappa shape index (κ1) is 25.2. The summed E-state index contributed by atoms with van der Waals surface area (Å²) in [5, 5.41) is 13.8. The third kappa shape index (κ3) is 5.44. The molecule has 3 heterocycles. The number of hydrogen-bond donors (Lipinski definition) is 1. The van der Waals surface area contributed by atoms with Crippen molar-refractivity contribution in [1.29, 1.82) is 5.26 Å². The van der Waals surface area contributed by atoms with E-state index >= 15 is 0 Å². The van der Waals surface area contributed by atoms with Crippen molar-refractivity contribution in [1.82, 2.24) is 19.8 Å². The lowest BCUT2D eigenvalue weighted by molar-refractivity contribution is 0.240. The molecule has 0 saturated carbocycles. The average molecular weight is 579 g/mol. The van der Waals surface area contributed by atoms with Crippen molar-refractivity contribution in [2.45, 2.75) is 19.5 Å². The van der Waals surface area contributed by atoms with E-state index in [0.29, 0.717) is 41.2 Å². The molecule has 4 aromatic rings. The third-order valence-corrected chi connectivity index (χ3v) is 7.26. The van der Waals surface area contributed by atoms with Gasteiger partial charge in [-0.15, -0.1) is 0 Å². The van der Waals surface area contributed by atoms with Crippen molar-refractivity contribution in [2.24, 2.45) is 0 Å². The van der Waals surface area contributed by atoms with Gasteiger partial charge >= 0.3 is 6.03 Å². The molecule has 0 aliphatic carbocycles. The van der Waals surface area contributed by atoms with Crippen molar-refractivity contribution in [3.63, 3.8) is 0 Å². The molecule has 6 nitrogen and oxygen atoms in total. The van der Waals surface area contributed by atoms with Gasteiger partial charge in [0, 0.05) is 49.9 Å². The first-order valence-electron chi connectivity index (χ1n) is 11.7. The van der Waals surface area contributed by atoms with Crippen LogP contribution in [0.15, 0.2) is 65.3 Å². The monoisotopic (exact) mass is 577 g/mol. The van der Waals surface area contributed by atoms with Gasteiger partial charge in [-0.05, 0) is 69.0 Å². The van der Waals surface area contributed by atoms with E-state index < -0.39 is 0 Å². The van der Waals surface area contributed by atoms with Gasteiger partial charge in [-0.1, -0.05) is 35.9 Å². The molecular formula is C28H22BrClFN5O. The Kier molecular flexibility index (Phi) is 7.38. The highest BCUT2D eigenvalue weighted by Crippen LogP contribution is 2.31. The number of benzene rings is 2. The molecule has 1 N–H and O–H groups in total. The van der Waals surface area contributed by atoms with E-state index in [2.05, 4.69) is 37.2 Å². The van der Waals surface area contributed by atoms with Gasteiger partial charge in [-0.2, -0.15) is 5.26 Å². The highest BCUT2D eigenvalue weighted by Gasteiger charge is 2.26. The Morgan fingerprint density at radius 2 is 2.11 bits per heavy atom. The molecule has 0 fully saturated rings. The summed E-state index contributed by atoms with van der Waals surface area (Å²) in [7, 11) is 0. The normalized spacial score (nSPS) is 13.6. The molecule has 0 atom stereocenters. The molecule has 0 spiro atoms. The molecule has 186 valence electrons. The number of pyridine rings is 1. The van der Waals surface area contributed by atoms with Crippen LogP contribution < -0.4 is 5.32 Å². The number of hydrogen-bond acceptors (Lipinski definition) is 4. The average Bonchev–Trinajstić information content (AvgIpc) is 3.22. The molecule has 0 saturated heterocycles. The zero-order valence-corrected chi connectivity index (χ0v) is 22.1. The van der Waals surface area contributed by atoms with Crippen LogP contribution in [0.4, 0.5) is 9.18 Å². The fraction of sp³-hybridized carbons (Fsp3) is 0.179. The van der Waals surface area contributed by atoms with Crippen molar-refractivity contribution in [3.05, 3.63) is 104 Å². The summed E-state index contributed by atoms with van der Waals surface area (Å²) in [6.45, 7) is 2.42. The van der Waals surface area contributed by atoms with E-state index in [0.717, 1.165) is 39.8 Å². The zero-order valence-electron chi connectivity index (χ0n) is 19.7. The number of nitrogens with zero attached hydrogens (tertiary/aromatic N) is 4. The van der Waals surface area contributed by atoms with Crippen LogP contribution in [0.25, 0.3) is 17.0 Å². The second-order valence-corrected chi connectivity index (χ2v) is 10.1. The Morgan fingerprint density at radius 1 is 1.24 bits per heavy atom. The lowest BCUT2D eigenvalue weighted by Gasteiger charge is -2.27. The molecule has 2 aromatic carbocycles. The molecule has 37 heavy (non-hydrogen) atoms. The Bertz CT molecular complexity index is 1580. The Labute approximate surface area is 227 Å². The lowest BCUT2D eigenvalue weighted by Crippen LogP contribution is -2.34. The minimum absolute atomic E-state index is 0.250. The van der Waals surface area contributed by atoms with Crippen LogP contribution in [0.2, 0.25) is 5.15 Å². The van der Waals surface area contributed by atoms with E-state index in [1.54, 1.807) is 41.1 Å². The van der Waals surface area contributed by atoms with Gasteiger partial charge in [-0.3, -0.25) is 9.47 Å². The topological polar surface area (TPSA) is 74.0 Å². The van der Waals surface area contributed by atoms with E-state index in [1.165, 1.54) is 6.07 Å². The molecule has 0 bridgehead atoms. The molecule has 1 aliphatic rings. The minimum Gasteiger partial charge on any atom is -0.333 e. The van der Waals surface area contributed by atoms with Crippen molar-refractivity contribution in [2.75, 3.05) is 13.1 Å². The molecule has 5 rings (SSSR count). The van der Waals surface area contributed by atoms with Crippen LogP contribution in [0.3, 0.4) is 0 Å². The predicted molar refractivity (Wildman–Crippen MR) is 146 cm³/mol. The maximum Gasteiger partial charge on any atom is 0.326 e. The molecule has 0 radical (unpaired) electrons. The number of rotatable bonds is 5. The molecule has 1 amide bonds. The van der Waals surface area contributed by atoms with Gasteiger partial charge in [0.2, 0.25) is 0 Å². The van der Waals surface area contributed by atoms with E-state index in [1.807, 2.05) is 24.3 Å². The van der Waals surface area contributed by atoms with Gasteiger partial charge in [0.15, 0.2) is 0 Å². The van der Waals surface area contributed by atoms with Crippen LogP contribution in [0, 0.1) is 17.1 Å².